The average molecular weight is 232 g/mol. The van der Waals surface area contributed by atoms with Gasteiger partial charge >= 0.3 is 0 Å². The molecule has 0 saturated carbocycles. The fraction of sp³-hybridized carbons (Fsp3) is 0.429. The Kier molecular flexibility index (Phi) is 5.57. The van der Waals surface area contributed by atoms with Crippen LogP contribution in [0.4, 0.5) is 0 Å². The van der Waals surface area contributed by atoms with Gasteiger partial charge in [-0.15, -0.1) is 0 Å². The van der Waals surface area contributed by atoms with E-state index in [1.807, 2.05) is 0 Å². The van der Waals surface area contributed by atoms with Crippen molar-refractivity contribution in [1.82, 2.24) is 0 Å². The molecular formula is C14H20N2O. The molecular weight excluding hydrogens is 212 g/mol. The van der Waals surface area contributed by atoms with E-state index in [1.165, 1.54) is 11.1 Å². The first kappa shape index (κ1) is 13.6. The minimum atomic E-state index is 0.388. The highest BCUT2D eigenvalue weighted by atomic mass is 16.5. The van der Waals surface area contributed by atoms with Gasteiger partial charge in [0.1, 0.15) is 0 Å². The van der Waals surface area contributed by atoms with Crippen LogP contribution in [0.3, 0.4) is 0 Å². The molecule has 17 heavy (non-hydrogen) atoms. The number of hydrogen-bond acceptors (Lipinski definition) is 3. The van der Waals surface area contributed by atoms with Gasteiger partial charge in [-0.1, -0.05) is 29.8 Å². The van der Waals surface area contributed by atoms with Crippen LogP contribution >= 0.6 is 0 Å². The Balaban J connectivity index is 2.37. The fourth-order valence-electron chi connectivity index (χ4n) is 1.53. The van der Waals surface area contributed by atoms with Crippen LogP contribution in [0, 0.1) is 17.7 Å². The van der Waals surface area contributed by atoms with Crippen molar-refractivity contribution in [1.29, 1.82) is 10.8 Å². The van der Waals surface area contributed by atoms with Gasteiger partial charge in [-0.05, 0) is 25.3 Å². The molecule has 3 heteroatoms. The first-order valence-corrected chi connectivity index (χ1v) is 5.83. The van der Waals surface area contributed by atoms with Crippen LogP contribution in [0.15, 0.2) is 24.3 Å². The smallest absolute Gasteiger partial charge is 0.0544 e. The molecule has 1 rings (SSSR count). The Hall–Kier alpha value is -1.48. The van der Waals surface area contributed by atoms with E-state index < -0.39 is 0 Å². The lowest BCUT2D eigenvalue weighted by Gasteiger charge is -2.06. The molecule has 0 heterocycles. The predicted octanol–water partition coefficient (Wildman–Crippen LogP) is 3.00. The summed E-state index contributed by atoms with van der Waals surface area (Å²) in [6.07, 6.45) is 1.99. The molecule has 1 aromatic rings. The Morgan fingerprint density at radius 3 is 2.24 bits per heavy atom. The zero-order valence-electron chi connectivity index (χ0n) is 10.5. The molecule has 0 bridgehead atoms. The van der Waals surface area contributed by atoms with Gasteiger partial charge in [-0.25, -0.2) is 0 Å². The molecule has 0 aliphatic heterocycles. The van der Waals surface area contributed by atoms with Crippen molar-refractivity contribution in [3.05, 3.63) is 35.4 Å². The zero-order valence-corrected chi connectivity index (χ0v) is 10.5. The molecule has 0 fully saturated rings. The molecule has 0 amide bonds. The number of nitrogens with one attached hydrogen (secondary N) is 2. The molecule has 0 radical (unpaired) electrons. The monoisotopic (exact) mass is 232 g/mol. The maximum Gasteiger partial charge on any atom is 0.0544 e. The van der Waals surface area contributed by atoms with E-state index in [1.54, 1.807) is 7.11 Å². The van der Waals surface area contributed by atoms with Crippen LogP contribution in [0.2, 0.25) is 0 Å². The van der Waals surface area contributed by atoms with Crippen LogP contribution < -0.4 is 0 Å². The van der Waals surface area contributed by atoms with E-state index in [2.05, 4.69) is 31.2 Å². The van der Waals surface area contributed by atoms with Crippen molar-refractivity contribution in [3.8, 4) is 0 Å². The van der Waals surface area contributed by atoms with E-state index >= 15 is 0 Å². The van der Waals surface area contributed by atoms with Gasteiger partial charge in [0.05, 0.1) is 18.0 Å². The highest BCUT2D eigenvalue weighted by molar-refractivity contribution is 6.39. The van der Waals surface area contributed by atoms with E-state index in [0.717, 1.165) is 6.42 Å². The molecule has 1 aromatic carbocycles. The molecule has 0 aliphatic rings. The van der Waals surface area contributed by atoms with Crippen molar-refractivity contribution < 1.29 is 4.74 Å². The van der Waals surface area contributed by atoms with Gasteiger partial charge < -0.3 is 15.6 Å². The molecule has 2 N–H and O–H groups in total. The lowest BCUT2D eigenvalue weighted by atomic mass is 10.0. The van der Waals surface area contributed by atoms with Crippen molar-refractivity contribution >= 4 is 11.4 Å². The second-order valence-electron chi connectivity index (χ2n) is 4.19. The molecule has 0 saturated heterocycles. The molecule has 0 aliphatic carbocycles. The third-order valence-corrected chi connectivity index (χ3v) is 2.70. The first-order valence-electron chi connectivity index (χ1n) is 5.83. The molecule has 0 atom stereocenters. The zero-order chi connectivity index (χ0) is 12.7. The Labute approximate surface area is 103 Å². The van der Waals surface area contributed by atoms with E-state index in [0.29, 0.717) is 30.9 Å². The largest absolute Gasteiger partial charge is 0.384 e. The number of ether oxygens (including phenoxy) is 1. The molecule has 0 spiro atoms. The Morgan fingerprint density at radius 1 is 1.06 bits per heavy atom. The lowest BCUT2D eigenvalue weighted by molar-refractivity contribution is 0.207. The Morgan fingerprint density at radius 2 is 1.65 bits per heavy atom. The number of hydrogen-bond donors (Lipinski definition) is 2. The minimum Gasteiger partial charge on any atom is -0.384 e. The lowest BCUT2D eigenvalue weighted by Crippen LogP contribution is -2.14. The number of benzene rings is 1. The summed E-state index contributed by atoms with van der Waals surface area (Å²) >= 11 is 0. The summed E-state index contributed by atoms with van der Waals surface area (Å²) < 4.78 is 4.90. The molecule has 3 nitrogen and oxygen atoms in total. The Bertz CT molecular complexity index is 382. The van der Waals surface area contributed by atoms with Crippen LogP contribution in [0.5, 0.6) is 0 Å². The van der Waals surface area contributed by atoms with Crippen molar-refractivity contribution in [2.45, 2.75) is 26.2 Å². The average Bonchev–Trinajstić information content (AvgIpc) is 2.34. The maximum absolute atomic E-state index is 7.78. The third kappa shape index (κ3) is 4.91. The van der Waals surface area contributed by atoms with Crippen LogP contribution in [-0.2, 0) is 11.2 Å². The summed E-state index contributed by atoms with van der Waals surface area (Å²) in [6.45, 7) is 2.58. The van der Waals surface area contributed by atoms with Crippen LogP contribution in [-0.4, -0.2) is 25.1 Å². The van der Waals surface area contributed by atoms with Gasteiger partial charge in [0.15, 0.2) is 0 Å². The molecule has 0 aromatic heterocycles. The fourth-order valence-corrected chi connectivity index (χ4v) is 1.53. The van der Waals surface area contributed by atoms with Gasteiger partial charge in [-0.3, -0.25) is 0 Å². The SMILES string of the molecule is COCCC(=N)C(=N)CCc1ccc(C)cc1. The van der Waals surface area contributed by atoms with Crippen LogP contribution in [0.25, 0.3) is 0 Å². The van der Waals surface area contributed by atoms with Gasteiger partial charge in [0, 0.05) is 13.5 Å². The summed E-state index contributed by atoms with van der Waals surface area (Å²) in [4.78, 5) is 0. The minimum absolute atomic E-state index is 0.388. The summed E-state index contributed by atoms with van der Waals surface area (Å²) in [7, 11) is 1.61. The van der Waals surface area contributed by atoms with Crippen molar-refractivity contribution in [2.75, 3.05) is 13.7 Å². The normalized spacial score (nSPS) is 10.2. The molecule has 0 unspecified atom stereocenters. The van der Waals surface area contributed by atoms with Gasteiger partial charge in [0.25, 0.3) is 0 Å². The highest BCUT2D eigenvalue weighted by Gasteiger charge is 2.05. The van der Waals surface area contributed by atoms with E-state index in [4.69, 9.17) is 15.6 Å². The van der Waals surface area contributed by atoms with E-state index in [9.17, 15) is 0 Å². The number of methoxy groups -OCH3 is 1. The van der Waals surface area contributed by atoms with Gasteiger partial charge in [-0.2, -0.15) is 0 Å². The first-order chi connectivity index (χ1) is 8.13. The second-order valence-corrected chi connectivity index (χ2v) is 4.19. The maximum atomic E-state index is 7.78. The summed E-state index contributed by atoms with van der Waals surface area (Å²) in [5.74, 6) is 0. The predicted molar refractivity (Wildman–Crippen MR) is 71.4 cm³/mol. The van der Waals surface area contributed by atoms with Gasteiger partial charge in [0.2, 0.25) is 0 Å². The summed E-state index contributed by atoms with van der Waals surface area (Å²) in [5.41, 5.74) is 3.28. The number of rotatable bonds is 7. The third-order valence-electron chi connectivity index (χ3n) is 2.70. The van der Waals surface area contributed by atoms with E-state index in [-0.39, 0.29) is 0 Å². The summed E-state index contributed by atoms with van der Waals surface area (Å²) in [5, 5.41) is 15.5. The second kappa shape index (κ2) is 6.97. The van der Waals surface area contributed by atoms with Crippen molar-refractivity contribution in [3.63, 3.8) is 0 Å². The highest BCUT2D eigenvalue weighted by Crippen LogP contribution is 2.07. The van der Waals surface area contributed by atoms with Crippen LogP contribution in [0.1, 0.15) is 24.0 Å². The standard InChI is InChI=1S/C14H20N2O/c1-11-3-5-12(6-4-11)7-8-13(15)14(16)9-10-17-2/h3-6,15-16H,7-10H2,1-2H3. The number of aryl methyl sites for hydroxylation is 2. The molecule has 92 valence electrons. The van der Waals surface area contributed by atoms with Crippen molar-refractivity contribution in [2.24, 2.45) is 0 Å². The quantitative estimate of drug-likeness (QED) is 0.697. The summed E-state index contributed by atoms with van der Waals surface area (Å²) in [6, 6.07) is 8.33. The topological polar surface area (TPSA) is 56.9 Å².